The number of aryl methyl sites for hydroxylation is 3. The first kappa shape index (κ1) is 11.7. The molecular formula is C12H19N5. The van der Waals surface area contributed by atoms with E-state index in [1.807, 2.05) is 26.2 Å². The number of nitrogens with zero attached hydrogens (tertiary/aromatic N) is 4. The van der Waals surface area contributed by atoms with Gasteiger partial charge in [0.25, 0.3) is 0 Å². The topological polar surface area (TPSA) is 47.7 Å². The monoisotopic (exact) mass is 233 g/mol. The zero-order chi connectivity index (χ0) is 12.3. The summed E-state index contributed by atoms with van der Waals surface area (Å²) in [4.78, 5) is 4.47. The van der Waals surface area contributed by atoms with Crippen molar-refractivity contribution in [2.24, 2.45) is 7.05 Å². The molecule has 2 aromatic rings. The van der Waals surface area contributed by atoms with Crippen molar-refractivity contribution in [3.63, 3.8) is 0 Å². The number of aromatic nitrogens is 4. The minimum Gasteiger partial charge on any atom is -0.350 e. The molecule has 5 heteroatoms. The zero-order valence-electron chi connectivity index (χ0n) is 10.6. The van der Waals surface area contributed by atoms with Crippen LogP contribution in [0.3, 0.4) is 0 Å². The fraction of sp³-hybridized carbons (Fsp3) is 0.500. The lowest BCUT2D eigenvalue weighted by molar-refractivity contribution is 0.679. The summed E-state index contributed by atoms with van der Waals surface area (Å²) in [6, 6.07) is 2.01. The summed E-state index contributed by atoms with van der Waals surface area (Å²) in [5, 5.41) is 7.65. The van der Waals surface area contributed by atoms with Crippen LogP contribution >= 0.6 is 0 Å². The third kappa shape index (κ3) is 2.87. The van der Waals surface area contributed by atoms with Gasteiger partial charge in [0.15, 0.2) is 0 Å². The second-order valence-electron chi connectivity index (χ2n) is 4.23. The average Bonchev–Trinajstić information content (AvgIpc) is 2.83. The Kier molecular flexibility index (Phi) is 3.46. The molecule has 1 N–H and O–H groups in total. The summed E-state index contributed by atoms with van der Waals surface area (Å²) in [6.07, 6.45) is 5.12. The fourth-order valence-corrected chi connectivity index (χ4v) is 1.83. The molecule has 2 aromatic heterocycles. The third-order valence-corrected chi connectivity index (χ3v) is 2.56. The highest BCUT2D eigenvalue weighted by atomic mass is 15.3. The van der Waals surface area contributed by atoms with Gasteiger partial charge in [0, 0.05) is 26.0 Å². The van der Waals surface area contributed by atoms with Crippen molar-refractivity contribution in [1.82, 2.24) is 19.3 Å². The number of hydrogen-bond acceptors (Lipinski definition) is 3. The van der Waals surface area contributed by atoms with Crippen molar-refractivity contribution in [2.45, 2.75) is 33.4 Å². The van der Waals surface area contributed by atoms with E-state index in [1.165, 1.54) is 0 Å². The van der Waals surface area contributed by atoms with E-state index < -0.39 is 0 Å². The van der Waals surface area contributed by atoms with Gasteiger partial charge in [-0.15, -0.1) is 0 Å². The Morgan fingerprint density at radius 3 is 2.88 bits per heavy atom. The van der Waals surface area contributed by atoms with Gasteiger partial charge in [-0.05, 0) is 19.4 Å². The van der Waals surface area contributed by atoms with Crippen LogP contribution in [0.15, 0.2) is 18.5 Å². The molecule has 2 rings (SSSR count). The summed E-state index contributed by atoms with van der Waals surface area (Å²) in [5.41, 5.74) is 2.07. The lowest BCUT2D eigenvalue weighted by atomic mass is 10.4. The molecule has 0 atom stereocenters. The Labute approximate surface area is 101 Å². The van der Waals surface area contributed by atoms with Gasteiger partial charge < -0.3 is 9.88 Å². The molecular weight excluding hydrogens is 214 g/mol. The number of imidazole rings is 1. The lowest BCUT2D eigenvalue weighted by Gasteiger charge is -2.07. The first-order valence-electron chi connectivity index (χ1n) is 5.95. The molecule has 0 amide bonds. The van der Waals surface area contributed by atoms with E-state index in [4.69, 9.17) is 0 Å². The number of nitrogens with one attached hydrogen (secondary N) is 1. The van der Waals surface area contributed by atoms with Crippen molar-refractivity contribution in [3.8, 4) is 0 Å². The summed E-state index contributed by atoms with van der Waals surface area (Å²) in [5.74, 6) is 0.926. The van der Waals surface area contributed by atoms with Gasteiger partial charge in [-0.25, -0.2) is 4.98 Å². The van der Waals surface area contributed by atoms with E-state index in [1.54, 1.807) is 4.68 Å². The molecule has 0 bridgehead atoms. The van der Waals surface area contributed by atoms with Gasteiger partial charge in [0.1, 0.15) is 0 Å². The fourth-order valence-electron chi connectivity index (χ4n) is 1.83. The quantitative estimate of drug-likeness (QED) is 0.858. The van der Waals surface area contributed by atoms with Gasteiger partial charge in [-0.1, -0.05) is 6.92 Å². The molecule has 5 nitrogen and oxygen atoms in total. The van der Waals surface area contributed by atoms with Gasteiger partial charge in [-0.2, -0.15) is 5.10 Å². The highest BCUT2D eigenvalue weighted by Crippen LogP contribution is 2.10. The summed E-state index contributed by atoms with van der Waals surface area (Å²) < 4.78 is 3.96. The van der Waals surface area contributed by atoms with E-state index in [0.717, 1.165) is 30.3 Å². The molecule has 2 heterocycles. The normalized spacial score (nSPS) is 10.8. The molecule has 17 heavy (non-hydrogen) atoms. The van der Waals surface area contributed by atoms with E-state index in [2.05, 4.69) is 33.1 Å². The maximum absolute atomic E-state index is 4.47. The predicted molar refractivity (Wildman–Crippen MR) is 67.8 cm³/mol. The van der Waals surface area contributed by atoms with Crippen LogP contribution in [0.2, 0.25) is 0 Å². The zero-order valence-corrected chi connectivity index (χ0v) is 10.6. The van der Waals surface area contributed by atoms with Crippen LogP contribution < -0.4 is 5.32 Å². The van der Waals surface area contributed by atoms with E-state index in [9.17, 15) is 0 Å². The SMILES string of the molecule is CCCn1cc(C)nc1NCc1ccn(C)n1. The van der Waals surface area contributed by atoms with Crippen LogP contribution in [-0.2, 0) is 20.1 Å². The van der Waals surface area contributed by atoms with Crippen molar-refractivity contribution >= 4 is 5.95 Å². The van der Waals surface area contributed by atoms with Gasteiger partial charge >= 0.3 is 0 Å². The molecule has 0 radical (unpaired) electrons. The summed E-state index contributed by atoms with van der Waals surface area (Å²) in [7, 11) is 1.92. The molecule has 0 fully saturated rings. The Bertz CT molecular complexity index is 483. The van der Waals surface area contributed by atoms with Crippen molar-refractivity contribution in [1.29, 1.82) is 0 Å². The lowest BCUT2D eigenvalue weighted by Crippen LogP contribution is -2.07. The minimum atomic E-state index is 0.709. The van der Waals surface area contributed by atoms with Crippen molar-refractivity contribution in [3.05, 3.63) is 29.8 Å². The van der Waals surface area contributed by atoms with Crippen LogP contribution in [0, 0.1) is 6.92 Å². The smallest absolute Gasteiger partial charge is 0.203 e. The largest absolute Gasteiger partial charge is 0.350 e. The molecule has 92 valence electrons. The Balaban J connectivity index is 2.02. The van der Waals surface area contributed by atoms with E-state index in [0.29, 0.717) is 6.54 Å². The van der Waals surface area contributed by atoms with Gasteiger partial charge in [0.05, 0.1) is 17.9 Å². The Morgan fingerprint density at radius 2 is 2.24 bits per heavy atom. The minimum absolute atomic E-state index is 0.709. The molecule has 0 aliphatic rings. The molecule has 0 unspecified atom stereocenters. The van der Waals surface area contributed by atoms with E-state index >= 15 is 0 Å². The van der Waals surface area contributed by atoms with Crippen LogP contribution in [0.25, 0.3) is 0 Å². The second-order valence-corrected chi connectivity index (χ2v) is 4.23. The van der Waals surface area contributed by atoms with E-state index in [-0.39, 0.29) is 0 Å². The Morgan fingerprint density at radius 1 is 1.41 bits per heavy atom. The van der Waals surface area contributed by atoms with Crippen LogP contribution in [-0.4, -0.2) is 19.3 Å². The molecule has 0 aromatic carbocycles. The van der Waals surface area contributed by atoms with Crippen LogP contribution in [0.5, 0.6) is 0 Å². The number of anilines is 1. The second kappa shape index (κ2) is 5.03. The highest BCUT2D eigenvalue weighted by Gasteiger charge is 2.05. The van der Waals surface area contributed by atoms with Gasteiger partial charge in [0.2, 0.25) is 5.95 Å². The standard InChI is InChI=1S/C12H19N5/c1-4-6-17-9-10(2)14-12(17)13-8-11-5-7-16(3)15-11/h5,7,9H,4,6,8H2,1-3H3,(H,13,14). The van der Waals surface area contributed by atoms with Crippen molar-refractivity contribution in [2.75, 3.05) is 5.32 Å². The number of hydrogen-bond donors (Lipinski definition) is 1. The maximum atomic E-state index is 4.47. The first-order chi connectivity index (χ1) is 8.19. The maximum Gasteiger partial charge on any atom is 0.203 e. The highest BCUT2D eigenvalue weighted by molar-refractivity contribution is 5.29. The predicted octanol–water partition coefficient (Wildman–Crippen LogP) is 1.95. The summed E-state index contributed by atoms with van der Waals surface area (Å²) in [6.45, 7) is 5.88. The number of rotatable bonds is 5. The third-order valence-electron chi connectivity index (χ3n) is 2.56. The van der Waals surface area contributed by atoms with Gasteiger partial charge in [-0.3, -0.25) is 4.68 Å². The first-order valence-corrected chi connectivity index (χ1v) is 5.95. The molecule has 0 saturated heterocycles. The molecule has 0 aliphatic heterocycles. The molecule has 0 spiro atoms. The summed E-state index contributed by atoms with van der Waals surface area (Å²) >= 11 is 0. The van der Waals surface area contributed by atoms with Crippen LogP contribution in [0.4, 0.5) is 5.95 Å². The molecule has 0 saturated carbocycles. The van der Waals surface area contributed by atoms with Crippen LogP contribution in [0.1, 0.15) is 24.7 Å². The van der Waals surface area contributed by atoms with Crippen molar-refractivity contribution < 1.29 is 0 Å². The Hall–Kier alpha value is -1.78. The average molecular weight is 233 g/mol. The molecule has 0 aliphatic carbocycles.